The number of nitrogens with zero attached hydrogens (tertiary/aromatic N) is 5. The minimum absolute atomic E-state index is 0.0596. The Bertz CT molecular complexity index is 1200. The van der Waals surface area contributed by atoms with Crippen LogP contribution >= 0.6 is 0 Å². The molecule has 1 aliphatic rings. The van der Waals surface area contributed by atoms with Crippen molar-refractivity contribution in [2.24, 2.45) is 5.73 Å². The zero-order valence-electron chi connectivity index (χ0n) is 17.9. The summed E-state index contributed by atoms with van der Waals surface area (Å²) in [4.78, 5) is 27.1. The van der Waals surface area contributed by atoms with Crippen LogP contribution in [0.15, 0.2) is 36.5 Å². The van der Waals surface area contributed by atoms with E-state index in [4.69, 9.17) is 17.0 Å². The summed E-state index contributed by atoms with van der Waals surface area (Å²) >= 11 is 0. The number of hydrogen-bond acceptors (Lipinski definition) is 5. The smallest absolute Gasteiger partial charge is 0.274 e. The van der Waals surface area contributed by atoms with Gasteiger partial charge in [-0.2, -0.15) is 0 Å². The van der Waals surface area contributed by atoms with Crippen molar-refractivity contribution >= 4 is 11.6 Å². The van der Waals surface area contributed by atoms with Gasteiger partial charge in [0.15, 0.2) is 0 Å². The molecule has 0 aliphatic carbocycles. The first kappa shape index (κ1) is 21.5. The molecule has 8 nitrogen and oxygen atoms in total. The molecule has 3 aromatic rings. The van der Waals surface area contributed by atoms with Crippen LogP contribution in [0.2, 0.25) is 0 Å². The highest BCUT2D eigenvalue weighted by atomic mass is 19.1. The van der Waals surface area contributed by atoms with Gasteiger partial charge in [-0.1, -0.05) is 12.1 Å². The van der Waals surface area contributed by atoms with Gasteiger partial charge in [0.25, 0.3) is 5.91 Å². The summed E-state index contributed by atoms with van der Waals surface area (Å²) in [5.74, 6) is -0.0292. The molecule has 0 saturated carbocycles. The standard InChI is InChI=1S/C23H23FN6O2/c1-14-21(23(31)29-10-4-5-16(25)13-29)28-22(15-6-8-19(26-2)18(24)11-15)30(14)17-7-9-20(32-3)27-12-17/h6-9,11-12,16H,4-5,10,13,25H2,1,3H3/t16-/m1/s1. The molecule has 1 fully saturated rings. The van der Waals surface area contributed by atoms with E-state index in [9.17, 15) is 9.18 Å². The number of nitrogens with two attached hydrogens (primary N) is 1. The number of hydrogen-bond donors (Lipinski definition) is 1. The summed E-state index contributed by atoms with van der Waals surface area (Å²) in [6.45, 7) is 9.96. The molecule has 4 rings (SSSR count). The highest BCUT2D eigenvalue weighted by Crippen LogP contribution is 2.30. The highest BCUT2D eigenvalue weighted by Gasteiger charge is 2.28. The van der Waals surface area contributed by atoms with Gasteiger partial charge in [0.1, 0.15) is 17.3 Å². The number of piperidine rings is 1. The van der Waals surface area contributed by atoms with Crippen LogP contribution in [0.3, 0.4) is 0 Å². The number of likely N-dealkylation sites (tertiary alicyclic amines) is 1. The second-order valence-electron chi connectivity index (χ2n) is 7.70. The number of ether oxygens (including phenoxy) is 1. The van der Waals surface area contributed by atoms with Crippen molar-refractivity contribution in [3.8, 4) is 23.0 Å². The van der Waals surface area contributed by atoms with Crippen LogP contribution in [0.25, 0.3) is 21.9 Å². The maximum atomic E-state index is 14.4. The fraction of sp³-hybridized carbons (Fsp3) is 0.304. The molecule has 2 aromatic heterocycles. The molecular formula is C23H23FN6O2. The topological polar surface area (TPSA) is 90.6 Å². The van der Waals surface area contributed by atoms with Crippen molar-refractivity contribution in [3.05, 3.63) is 65.2 Å². The van der Waals surface area contributed by atoms with Crippen molar-refractivity contribution in [1.29, 1.82) is 0 Å². The molecule has 32 heavy (non-hydrogen) atoms. The van der Waals surface area contributed by atoms with Crippen molar-refractivity contribution in [2.75, 3.05) is 20.2 Å². The van der Waals surface area contributed by atoms with Crippen LogP contribution in [0.4, 0.5) is 10.1 Å². The average molecular weight is 434 g/mol. The Morgan fingerprint density at radius 2 is 2.16 bits per heavy atom. The third-order valence-electron chi connectivity index (χ3n) is 5.57. The van der Waals surface area contributed by atoms with Crippen LogP contribution < -0.4 is 10.5 Å². The quantitative estimate of drug-likeness (QED) is 0.635. The summed E-state index contributed by atoms with van der Waals surface area (Å²) in [6, 6.07) is 7.72. The molecule has 0 bridgehead atoms. The lowest BCUT2D eigenvalue weighted by atomic mass is 10.1. The predicted molar refractivity (Wildman–Crippen MR) is 117 cm³/mol. The molecule has 1 aliphatic heterocycles. The number of amides is 1. The fourth-order valence-electron chi connectivity index (χ4n) is 3.92. The number of methoxy groups -OCH3 is 1. The van der Waals surface area contributed by atoms with Crippen molar-refractivity contribution < 1.29 is 13.9 Å². The molecular weight excluding hydrogens is 411 g/mol. The number of imidazole rings is 1. The summed E-state index contributed by atoms with van der Waals surface area (Å²) in [6.07, 6.45) is 3.32. The minimum atomic E-state index is -0.646. The van der Waals surface area contributed by atoms with E-state index in [1.165, 1.54) is 19.2 Å². The first-order valence-corrected chi connectivity index (χ1v) is 10.2. The fourth-order valence-corrected chi connectivity index (χ4v) is 3.92. The second-order valence-corrected chi connectivity index (χ2v) is 7.70. The second kappa shape index (κ2) is 8.77. The zero-order chi connectivity index (χ0) is 22.8. The van der Waals surface area contributed by atoms with E-state index in [0.29, 0.717) is 41.7 Å². The molecule has 3 heterocycles. The normalized spacial score (nSPS) is 16.0. The summed E-state index contributed by atoms with van der Waals surface area (Å²) in [5.41, 5.74) is 7.96. The molecule has 1 aromatic carbocycles. The lowest BCUT2D eigenvalue weighted by Crippen LogP contribution is -2.46. The van der Waals surface area contributed by atoms with Gasteiger partial charge >= 0.3 is 0 Å². The van der Waals surface area contributed by atoms with E-state index >= 15 is 0 Å². The molecule has 0 unspecified atom stereocenters. The van der Waals surface area contributed by atoms with Crippen LogP contribution in [-0.2, 0) is 0 Å². The van der Waals surface area contributed by atoms with Crippen molar-refractivity contribution in [2.45, 2.75) is 25.8 Å². The molecule has 9 heteroatoms. The van der Waals surface area contributed by atoms with Gasteiger partial charge in [-0.15, -0.1) is 0 Å². The third kappa shape index (κ3) is 3.92. The van der Waals surface area contributed by atoms with Gasteiger partial charge in [-0.25, -0.2) is 19.2 Å². The lowest BCUT2D eigenvalue weighted by molar-refractivity contribution is 0.0702. The maximum absolute atomic E-state index is 14.4. The van der Waals surface area contributed by atoms with Crippen LogP contribution in [0.1, 0.15) is 29.0 Å². The summed E-state index contributed by atoms with van der Waals surface area (Å²) < 4.78 is 21.3. The Kier molecular flexibility index (Phi) is 5.88. The van der Waals surface area contributed by atoms with Gasteiger partial charge < -0.3 is 15.4 Å². The van der Waals surface area contributed by atoms with E-state index in [0.717, 1.165) is 12.8 Å². The highest BCUT2D eigenvalue weighted by molar-refractivity contribution is 5.94. The summed E-state index contributed by atoms with van der Waals surface area (Å²) in [5, 5.41) is 0. The Morgan fingerprint density at radius 1 is 1.34 bits per heavy atom. The number of pyridine rings is 1. The summed E-state index contributed by atoms with van der Waals surface area (Å²) in [7, 11) is 1.53. The molecule has 0 spiro atoms. The molecule has 0 radical (unpaired) electrons. The number of carbonyl (C=O) groups excluding carboxylic acids is 1. The molecule has 1 saturated heterocycles. The molecule has 2 N–H and O–H groups in total. The number of rotatable bonds is 4. The monoisotopic (exact) mass is 434 g/mol. The van der Waals surface area contributed by atoms with E-state index < -0.39 is 5.82 Å². The van der Waals surface area contributed by atoms with Crippen molar-refractivity contribution in [3.63, 3.8) is 0 Å². The van der Waals surface area contributed by atoms with E-state index in [-0.39, 0.29) is 23.3 Å². The van der Waals surface area contributed by atoms with Gasteiger partial charge in [-0.3, -0.25) is 9.36 Å². The Morgan fingerprint density at radius 3 is 2.78 bits per heavy atom. The Balaban J connectivity index is 1.85. The number of benzene rings is 1. The molecule has 1 atom stereocenters. The number of halogens is 1. The first-order valence-electron chi connectivity index (χ1n) is 10.2. The van der Waals surface area contributed by atoms with E-state index in [1.807, 2.05) is 0 Å². The van der Waals surface area contributed by atoms with Gasteiger partial charge in [0.05, 0.1) is 31.3 Å². The van der Waals surface area contributed by atoms with Gasteiger partial charge in [-0.05, 0) is 31.9 Å². The van der Waals surface area contributed by atoms with E-state index in [1.54, 1.807) is 40.8 Å². The SMILES string of the molecule is [C-]#[N+]c1ccc(-c2nc(C(=O)N3CCC[C@@H](N)C3)c(C)n2-c2ccc(OC)nc2)cc1F. The largest absolute Gasteiger partial charge is 0.481 e. The van der Waals surface area contributed by atoms with Crippen molar-refractivity contribution in [1.82, 2.24) is 19.4 Å². The van der Waals surface area contributed by atoms with E-state index in [2.05, 4.69) is 14.8 Å². The van der Waals surface area contributed by atoms with Gasteiger partial charge in [0, 0.05) is 30.8 Å². The Labute approximate surface area is 185 Å². The number of carbonyl (C=O) groups is 1. The van der Waals surface area contributed by atoms with Crippen LogP contribution in [0.5, 0.6) is 5.88 Å². The van der Waals surface area contributed by atoms with Crippen LogP contribution in [-0.4, -0.2) is 51.6 Å². The Hall–Kier alpha value is -3.77. The third-order valence-corrected chi connectivity index (χ3v) is 5.57. The average Bonchev–Trinajstić information content (AvgIpc) is 3.15. The van der Waals surface area contributed by atoms with Gasteiger partial charge in [0.2, 0.25) is 11.6 Å². The molecule has 1 amide bonds. The van der Waals surface area contributed by atoms with Crippen LogP contribution in [0, 0.1) is 19.3 Å². The lowest BCUT2D eigenvalue weighted by Gasteiger charge is -2.30. The number of aromatic nitrogens is 3. The predicted octanol–water partition coefficient (Wildman–Crippen LogP) is 3.50. The molecule has 164 valence electrons. The first-order chi connectivity index (χ1) is 15.4. The minimum Gasteiger partial charge on any atom is -0.481 e. The maximum Gasteiger partial charge on any atom is 0.274 e. The zero-order valence-corrected chi connectivity index (χ0v) is 17.9.